The van der Waals surface area contributed by atoms with Crippen LogP contribution in [0.25, 0.3) is 0 Å². The highest BCUT2D eigenvalue weighted by atomic mass is 16.3. The predicted octanol–water partition coefficient (Wildman–Crippen LogP) is 2.80. The molecule has 3 nitrogen and oxygen atoms in total. The lowest BCUT2D eigenvalue weighted by molar-refractivity contribution is 0.0120. The summed E-state index contributed by atoms with van der Waals surface area (Å²) in [6, 6.07) is 6.52. The molecule has 110 valence electrons. The van der Waals surface area contributed by atoms with Crippen LogP contribution in [0.4, 0.5) is 0 Å². The number of phenolic OH excluding ortho intramolecular Hbond substituents is 1. The Kier molecular flexibility index (Phi) is 3.51. The lowest BCUT2D eigenvalue weighted by Gasteiger charge is -2.49. The summed E-state index contributed by atoms with van der Waals surface area (Å²) in [5, 5.41) is 10.1. The van der Waals surface area contributed by atoms with Gasteiger partial charge in [-0.1, -0.05) is 12.1 Å². The standard InChI is InChI=1S/C17H26N2O/c1-17(2)12-19(11-10-18(17)3)15-8-4-7-14-13(15)6-5-9-16(14)20/h5-6,9,15,20H,4,7-8,10-12H2,1-3H3. The SMILES string of the molecule is CN1CCN(C2CCCc3c(O)cccc32)CC1(C)C. The zero-order chi connectivity index (χ0) is 14.3. The van der Waals surface area contributed by atoms with Gasteiger partial charge >= 0.3 is 0 Å². The van der Waals surface area contributed by atoms with Gasteiger partial charge in [-0.15, -0.1) is 0 Å². The molecule has 1 atom stereocenters. The molecule has 0 amide bonds. The summed E-state index contributed by atoms with van der Waals surface area (Å²) < 4.78 is 0. The van der Waals surface area contributed by atoms with Gasteiger partial charge in [-0.25, -0.2) is 0 Å². The second-order valence-electron chi connectivity index (χ2n) is 6.96. The Morgan fingerprint density at radius 2 is 2.05 bits per heavy atom. The molecule has 1 aromatic rings. The molecule has 0 aromatic heterocycles. The first-order valence-electron chi connectivity index (χ1n) is 7.75. The minimum Gasteiger partial charge on any atom is -0.508 e. The van der Waals surface area contributed by atoms with Crippen LogP contribution >= 0.6 is 0 Å². The van der Waals surface area contributed by atoms with E-state index in [9.17, 15) is 5.11 Å². The van der Waals surface area contributed by atoms with Crippen molar-refractivity contribution < 1.29 is 5.11 Å². The van der Waals surface area contributed by atoms with Gasteiger partial charge in [0.05, 0.1) is 0 Å². The number of benzene rings is 1. The van der Waals surface area contributed by atoms with E-state index < -0.39 is 0 Å². The average Bonchev–Trinajstić information content (AvgIpc) is 2.42. The van der Waals surface area contributed by atoms with Gasteiger partial charge < -0.3 is 5.11 Å². The van der Waals surface area contributed by atoms with Crippen molar-refractivity contribution in [3.05, 3.63) is 29.3 Å². The molecule has 1 saturated heterocycles. The van der Waals surface area contributed by atoms with Crippen LogP contribution in [0.1, 0.15) is 43.9 Å². The fourth-order valence-electron chi connectivity index (χ4n) is 3.73. The molecule has 3 heteroatoms. The molecule has 3 rings (SSSR count). The maximum atomic E-state index is 10.1. The molecular formula is C17H26N2O. The zero-order valence-electron chi connectivity index (χ0n) is 12.9. The minimum absolute atomic E-state index is 0.229. The van der Waals surface area contributed by atoms with Crippen molar-refractivity contribution in [2.45, 2.75) is 44.7 Å². The summed E-state index contributed by atoms with van der Waals surface area (Å²) in [6.07, 6.45) is 3.42. The average molecular weight is 274 g/mol. The minimum atomic E-state index is 0.229. The first kappa shape index (κ1) is 13.9. The van der Waals surface area contributed by atoms with Crippen LogP contribution in [0, 0.1) is 0 Å². The van der Waals surface area contributed by atoms with Crippen LogP contribution in [0.5, 0.6) is 5.75 Å². The number of aromatic hydroxyl groups is 1. The van der Waals surface area contributed by atoms with E-state index in [1.54, 1.807) is 0 Å². The van der Waals surface area contributed by atoms with Crippen LogP contribution in [0.15, 0.2) is 18.2 Å². The van der Waals surface area contributed by atoms with E-state index in [0.717, 1.165) is 26.1 Å². The van der Waals surface area contributed by atoms with E-state index in [1.165, 1.54) is 24.0 Å². The lowest BCUT2D eigenvalue weighted by atomic mass is 9.85. The number of phenols is 1. The lowest BCUT2D eigenvalue weighted by Crippen LogP contribution is -2.58. The van der Waals surface area contributed by atoms with Gasteiger partial charge in [-0.2, -0.15) is 0 Å². The molecule has 0 bridgehead atoms. The van der Waals surface area contributed by atoms with Crippen LogP contribution in [0.2, 0.25) is 0 Å². The predicted molar refractivity (Wildman–Crippen MR) is 82.1 cm³/mol. The second-order valence-corrected chi connectivity index (χ2v) is 6.96. The summed E-state index contributed by atoms with van der Waals surface area (Å²) in [7, 11) is 2.22. The Morgan fingerprint density at radius 3 is 2.80 bits per heavy atom. The van der Waals surface area contributed by atoms with Gasteiger partial charge in [0.2, 0.25) is 0 Å². The number of fused-ring (bicyclic) bond motifs is 1. The van der Waals surface area contributed by atoms with Crippen molar-refractivity contribution >= 4 is 0 Å². The topological polar surface area (TPSA) is 26.7 Å². The molecule has 0 spiro atoms. The first-order valence-corrected chi connectivity index (χ1v) is 7.75. The summed E-state index contributed by atoms with van der Waals surface area (Å²) in [4.78, 5) is 5.08. The highest BCUT2D eigenvalue weighted by Crippen LogP contribution is 2.39. The van der Waals surface area contributed by atoms with Crippen LogP contribution in [-0.2, 0) is 6.42 Å². The van der Waals surface area contributed by atoms with Crippen molar-refractivity contribution in [2.24, 2.45) is 0 Å². The van der Waals surface area contributed by atoms with Crippen LogP contribution in [-0.4, -0.2) is 47.1 Å². The maximum Gasteiger partial charge on any atom is 0.119 e. The van der Waals surface area contributed by atoms with Gasteiger partial charge in [-0.05, 0) is 57.4 Å². The molecule has 1 heterocycles. The van der Waals surface area contributed by atoms with Crippen molar-refractivity contribution in [3.8, 4) is 5.75 Å². The summed E-state index contributed by atoms with van der Waals surface area (Å²) in [5.41, 5.74) is 2.77. The highest BCUT2D eigenvalue weighted by molar-refractivity contribution is 5.42. The molecular weight excluding hydrogens is 248 g/mol. The Bertz CT molecular complexity index is 498. The van der Waals surface area contributed by atoms with Gasteiger partial charge in [0, 0.05) is 31.2 Å². The van der Waals surface area contributed by atoms with Crippen molar-refractivity contribution in [1.82, 2.24) is 9.80 Å². The maximum absolute atomic E-state index is 10.1. The van der Waals surface area contributed by atoms with Crippen LogP contribution < -0.4 is 0 Å². The Labute approximate surface area is 122 Å². The van der Waals surface area contributed by atoms with E-state index >= 15 is 0 Å². The fourth-order valence-corrected chi connectivity index (χ4v) is 3.73. The van der Waals surface area contributed by atoms with E-state index in [-0.39, 0.29) is 5.54 Å². The molecule has 1 fully saturated rings. The van der Waals surface area contributed by atoms with Crippen LogP contribution in [0.3, 0.4) is 0 Å². The number of hydrogen-bond donors (Lipinski definition) is 1. The Balaban J connectivity index is 1.88. The van der Waals surface area contributed by atoms with E-state index in [0.29, 0.717) is 11.8 Å². The molecule has 20 heavy (non-hydrogen) atoms. The van der Waals surface area contributed by atoms with Gasteiger partial charge in [0.15, 0.2) is 0 Å². The van der Waals surface area contributed by atoms with Gasteiger partial charge in [-0.3, -0.25) is 9.80 Å². The van der Waals surface area contributed by atoms with Crippen molar-refractivity contribution in [2.75, 3.05) is 26.7 Å². The number of piperazine rings is 1. The number of rotatable bonds is 1. The Morgan fingerprint density at radius 1 is 1.25 bits per heavy atom. The molecule has 0 saturated carbocycles. The first-order chi connectivity index (χ1) is 9.49. The molecule has 0 radical (unpaired) electrons. The third-order valence-electron chi connectivity index (χ3n) is 5.24. The van der Waals surface area contributed by atoms with E-state index in [1.807, 2.05) is 12.1 Å². The van der Waals surface area contributed by atoms with Gasteiger partial charge in [0.25, 0.3) is 0 Å². The Hall–Kier alpha value is -1.06. The highest BCUT2D eigenvalue weighted by Gasteiger charge is 2.36. The molecule has 2 aliphatic rings. The fraction of sp³-hybridized carbons (Fsp3) is 0.647. The molecule has 1 aliphatic carbocycles. The summed E-state index contributed by atoms with van der Waals surface area (Å²) >= 11 is 0. The number of hydrogen-bond acceptors (Lipinski definition) is 3. The third-order valence-corrected chi connectivity index (χ3v) is 5.24. The smallest absolute Gasteiger partial charge is 0.119 e. The quantitative estimate of drug-likeness (QED) is 0.853. The second kappa shape index (κ2) is 5.05. The monoisotopic (exact) mass is 274 g/mol. The van der Waals surface area contributed by atoms with Crippen molar-refractivity contribution in [1.29, 1.82) is 0 Å². The molecule has 1 aromatic carbocycles. The third kappa shape index (κ3) is 2.33. The van der Waals surface area contributed by atoms with Crippen molar-refractivity contribution in [3.63, 3.8) is 0 Å². The molecule has 1 unspecified atom stereocenters. The van der Waals surface area contributed by atoms with Gasteiger partial charge in [0.1, 0.15) is 5.75 Å². The largest absolute Gasteiger partial charge is 0.508 e. The molecule has 1 N–H and O–H groups in total. The molecule has 1 aliphatic heterocycles. The number of nitrogens with zero attached hydrogens (tertiary/aromatic N) is 2. The number of likely N-dealkylation sites (N-methyl/N-ethyl adjacent to an activating group) is 1. The van der Waals surface area contributed by atoms with E-state index in [2.05, 4.69) is 36.8 Å². The summed E-state index contributed by atoms with van der Waals surface area (Å²) in [5.74, 6) is 0.487. The normalized spacial score (nSPS) is 27.2. The summed E-state index contributed by atoms with van der Waals surface area (Å²) in [6.45, 7) is 8.00. The zero-order valence-corrected chi connectivity index (χ0v) is 12.9. The van der Waals surface area contributed by atoms with E-state index in [4.69, 9.17) is 0 Å².